The Morgan fingerprint density at radius 1 is 1.50 bits per heavy atom. The van der Waals surface area contributed by atoms with Gasteiger partial charge in [-0.15, -0.1) is 0 Å². The van der Waals surface area contributed by atoms with Crippen LogP contribution in [0.25, 0.3) is 11.3 Å². The number of hydrogen-bond donors (Lipinski definition) is 3. The second-order valence-electron chi connectivity index (χ2n) is 4.52. The third-order valence-electron chi connectivity index (χ3n) is 2.97. The van der Waals surface area contributed by atoms with Crippen molar-refractivity contribution in [3.63, 3.8) is 0 Å². The number of nitrogen functional groups attached to an aromatic ring is 1. The zero-order valence-electron chi connectivity index (χ0n) is 11.2. The molecule has 20 heavy (non-hydrogen) atoms. The van der Waals surface area contributed by atoms with Crippen LogP contribution in [0, 0.1) is 6.92 Å². The van der Waals surface area contributed by atoms with Crippen molar-refractivity contribution in [3.8, 4) is 11.3 Å². The molecule has 5 N–H and O–H groups in total. The number of aromatic nitrogens is 3. The number of primary amides is 1. The van der Waals surface area contributed by atoms with Crippen molar-refractivity contribution in [2.75, 3.05) is 12.3 Å². The highest BCUT2D eigenvalue weighted by Crippen LogP contribution is 2.23. The van der Waals surface area contributed by atoms with Gasteiger partial charge in [0.25, 0.3) is 5.91 Å². The van der Waals surface area contributed by atoms with Gasteiger partial charge in [0.2, 0.25) is 0 Å². The molecule has 0 spiro atoms. The highest BCUT2D eigenvalue weighted by molar-refractivity contribution is 5.97. The third kappa shape index (κ3) is 2.77. The van der Waals surface area contributed by atoms with Crippen LogP contribution in [0.3, 0.4) is 0 Å². The Morgan fingerprint density at radius 3 is 2.90 bits per heavy atom. The highest BCUT2D eigenvalue weighted by Gasteiger charge is 2.14. The molecular formula is C13H17N5O2. The summed E-state index contributed by atoms with van der Waals surface area (Å²) >= 11 is 0. The lowest BCUT2D eigenvalue weighted by atomic mass is 10.1. The molecule has 0 saturated heterocycles. The monoisotopic (exact) mass is 275 g/mol. The lowest BCUT2D eigenvalue weighted by Gasteiger charge is -2.07. The van der Waals surface area contributed by atoms with Crippen molar-refractivity contribution >= 4 is 11.6 Å². The first-order valence-electron chi connectivity index (χ1n) is 6.23. The Balaban J connectivity index is 2.37. The largest absolute Gasteiger partial charge is 0.397 e. The summed E-state index contributed by atoms with van der Waals surface area (Å²) in [7, 11) is 0. The van der Waals surface area contributed by atoms with Crippen LogP contribution in [0.5, 0.6) is 0 Å². The van der Waals surface area contributed by atoms with E-state index in [1.807, 2.05) is 0 Å². The van der Waals surface area contributed by atoms with Crippen molar-refractivity contribution in [1.82, 2.24) is 14.8 Å². The van der Waals surface area contributed by atoms with E-state index < -0.39 is 5.91 Å². The molecule has 0 unspecified atom stereocenters. The van der Waals surface area contributed by atoms with Crippen molar-refractivity contribution in [2.45, 2.75) is 19.9 Å². The molecule has 0 bridgehead atoms. The fraction of sp³-hybridized carbons (Fsp3) is 0.308. The predicted molar refractivity (Wildman–Crippen MR) is 74.8 cm³/mol. The van der Waals surface area contributed by atoms with E-state index in [2.05, 4.69) is 10.1 Å². The molecule has 2 aromatic rings. The number of pyridine rings is 1. The molecule has 2 rings (SSSR count). The number of aliphatic hydroxyl groups excluding tert-OH is 1. The summed E-state index contributed by atoms with van der Waals surface area (Å²) in [4.78, 5) is 15.5. The van der Waals surface area contributed by atoms with Crippen LogP contribution in [0.4, 0.5) is 5.69 Å². The summed E-state index contributed by atoms with van der Waals surface area (Å²) in [6.07, 6.45) is 4.08. The van der Waals surface area contributed by atoms with Gasteiger partial charge in [-0.3, -0.25) is 9.48 Å². The molecule has 0 aliphatic heterocycles. The summed E-state index contributed by atoms with van der Waals surface area (Å²) in [5.74, 6) is -0.653. The molecule has 2 aromatic heterocycles. The summed E-state index contributed by atoms with van der Waals surface area (Å²) in [5.41, 5.74) is 13.5. The van der Waals surface area contributed by atoms with Gasteiger partial charge in [0, 0.05) is 24.9 Å². The number of carbonyl (C=O) groups is 1. The Hall–Kier alpha value is -2.41. The van der Waals surface area contributed by atoms with Gasteiger partial charge >= 0.3 is 0 Å². The molecule has 2 heterocycles. The number of aryl methyl sites for hydroxylation is 2. The van der Waals surface area contributed by atoms with E-state index in [0.717, 1.165) is 11.1 Å². The number of amides is 1. The lowest BCUT2D eigenvalue weighted by Crippen LogP contribution is -2.16. The van der Waals surface area contributed by atoms with E-state index in [-0.39, 0.29) is 12.3 Å². The molecule has 7 heteroatoms. The normalized spacial score (nSPS) is 10.7. The number of hydrogen-bond acceptors (Lipinski definition) is 5. The smallest absolute Gasteiger partial charge is 0.269 e. The van der Waals surface area contributed by atoms with Crippen molar-refractivity contribution in [2.24, 2.45) is 5.73 Å². The molecule has 0 aliphatic rings. The molecule has 0 saturated carbocycles. The van der Waals surface area contributed by atoms with Crippen LogP contribution in [-0.2, 0) is 6.54 Å². The molecular weight excluding hydrogens is 258 g/mol. The van der Waals surface area contributed by atoms with Crippen LogP contribution in [0.2, 0.25) is 0 Å². The van der Waals surface area contributed by atoms with E-state index in [1.165, 1.54) is 0 Å². The van der Waals surface area contributed by atoms with Crippen LogP contribution < -0.4 is 11.5 Å². The number of aliphatic hydroxyl groups is 1. The number of nitrogens with zero attached hydrogens (tertiary/aromatic N) is 3. The number of nitrogens with two attached hydrogens (primary N) is 2. The first kappa shape index (κ1) is 14.0. The lowest BCUT2D eigenvalue weighted by molar-refractivity contribution is 0.0996. The molecule has 0 aromatic carbocycles. The van der Waals surface area contributed by atoms with Gasteiger partial charge in [-0.25, -0.2) is 4.98 Å². The molecule has 0 aliphatic carbocycles. The van der Waals surface area contributed by atoms with Gasteiger partial charge in [0.05, 0.1) is 17.6 Å². The Labute approximate surface area is 116 Å². The number of anilines is 1. The topological polar surface area (TPSA) is 120 Å². The first-order valence-corrected chi connectivity index (χ1v) is 6.23. The van der Waals surface area contributed by atoms with Crippen molar-refractivity contribution in [3.05, 3.63) is 29.7 Å². The van der Waals surface area contributed by atoms with Gasteiger partial charge in [0.15, 0.2) is 5.69 Å². The molecule has 7 nitrogen and oxygen atoms in total. The van der Waals surface area contributed by atoms with E-state index in [0.29, 0.717) is 24.3 Å². The Morgan fingerprint density at radius 2 is 2.25 bits per heavy atom. The second-order valence-corrected chi connectivity index (χ2v) is 4.52. The SMILES string of the molecule is Cc1cc(-c2cnn(CCCO)c2)nc(C(N)=O)c1N. The van der Waals surface area contributed by atoms with Crippen molar-refractivity contribution in [1.29, 1.82) is 0 Å². The zero-order chi connectivity index (χ0) is 14.7. The van der Waals surface area contributed by atoms with Gasteiger partial charge in [-0.2, -0.15) is 5.10 Å². The molecule has 0 radical (unpaired) electrons. The summed E-state index contributed by atoms with van der Waals surface area (Å²) in [6.45, 7) is 2.52. The summed E-state index contributed by atoms with van der Waals surface area (Å²) in [5, 5.41) is 13.0. The molecule has 0 atom stereocenters. The number of carbonyl (C=O) groups excluding carboxylic acids is 1. The fourth-order valence-corrected chi connectivity index (χ4v) is 1.87. The third-order valence-corrected chi connectivity index (χ3v) is 2.97. The molecule has 1 amide bonds. The van der Waals surface area contributed by atoms with Gasteiger partial charge in [-0.05, 0) is 25.0 Å². The molecule has 106 valence electrons. The second kappa shape index (κ2) is 5.70. The van der Waals surface area contributed by atoms with E-state index in [1.54, 1.807) is 30.1 Å². The van der Waals surface area contributed by atoms with Gasteiger partial charge < -0.3 is 16.6 Å². The highest BCUT2D eigenvalue weighted by atomic mass is 16.3. The van der Waals surface area contributed by atoms with Crippen LogP contribution in [0.1, 0.15) is 22.5 Å². The number of rotatable bonds is 5. The summed E-state index contributed by atoms with van der Waals surface area (Å²) in [6, 6.07) is 1.79. The summed E-state index contributed by atoms with van der Waals surface area (Å²) < 4.78 is 1.71. The van der Waals surface area contributed by atoms with Crippen LogP contribution in [-0.4, -0.2) is 32.4 Å². The maximum absolute atomic E-state index is 11.3. The maximum atomic E-state index is 11.3. The van der Waals surface area contributed by atoms with Gasteiger partial charge in [0.1, 0.15) is 0 Å². The van der Waals surface area contributed by atoms with E-state index in [4.69, 9.17) is 16.6 Å². The quantitative estimate of drug-likeness (QED) is 0.725. The minimum Gasteiger partial charge on any atom is -0.397 e. The standard InChI is InChI=1S/C13H17N5O2/c1-8-5-10(17-12(11(8)14)13(15)20)9-6-16-18(7-9)3-2-4-19/h5-7,19H,2-4,14H2,1H3,(H2,15,20). The van der Waals surface area contributed by atoms with E-state index in [9.17, 15) is 4.79 Å². The molecule has 0 fully saturated rings. The van der Waals surface area contributed by atoms with Crippen LogP contribution >= 0.6 is 0 Å². The van der Waals surface area contributed by atoms with Crippen molar-refractivity contribution < 1.29 is 9.90 Å². The van der Waals surface area contributed by atoms with Gasteiger partial charge in [-0.1, -0.05) is 0 Å². The fourth-order valence-electron chi connectivity index (χ4n) is 1.87. The average Bonchev–Trinajstić information content (AvgIpc) is 2.87. The zero-order valence-corrected chi connectivity index (χ0v) is 11.2. The average molecular weight is 275 g/mol. The Bertz CT molecular complexity index is 636. The first-order chi connectivity index (χ1) is 9.52. The minimum atomic E-state index is -0.653. The predicted octanol–water partition coefficient (Wildman–Crippen LogP) is 0.317. The van der Waals surface area contributed by atoms with E-state index >= 15 is 0 Å². The van der Waals surface area contributed by atoms with Crippen LogP contribution in [0.15, 0.2) is 18.5 Å². The minimum absolute atomic E-state index is 0.0723. The Kier molecular flexibility index (Phi) is 3.99. The maximum Gasteiger partial charge on any atom is 0.269 e.